The van der Waals surface area contributed by atoms with Crippen molar-refractivity contribution in [2.24, 2.45) is 5.73 Å². The van der Waals surface area contributed by atoms with Crippen LogP contribution in [0.1, 0.15) is 46.6 Å². The van der Waals surface area contributed by atoms with E-state index in [0.717, 1.165) is 28.9 Å². The fraction of sp³-hybridized carbons (Fsp3) is 0.375. The van der Waals surface area contributed by atoms with Gasteiger partial charge in [0.1, 0.15) is 0 Å². The summed E-state index contributed by atoms with van der Waals surface area (Å²) in [7, 11) is 0. The van der Waals surface area contributed by atoms with Crippen LogP contribution in [0.5, 0.6) is 0 Å². The highest BCUT2D eigenvalue weighted by Crippen LogP contribution is 2.24. The molecule has 0 radical (unpaired) electrons. The Morgan fingerprint density at radius 1 is 1.05 bits per heavy atom. The first-order valence-corrected chi connectivity index (χ1v) is 6.68. The van der Waals surface area contributed by atoms with Crippen molar-refractivity contribution >= 4 is 0 Å². The van der Waals surface area contributed by atoms with Crippen LogP contribution in [0.2, 0.25) is 0 Å². The molecule has 1 atom stereocenters. The van der Waals surface area contributed by atoms with Gasteiger partial charge < -0.3 is 5.73 Å². The first kappa shape index (κ1) is 13.7. The Morgan fingerprint density at radius 3 is 2.42 bits per heavy atom. The molecule has 0 fully saturated rings. The number of benzene rings is 1. The van der Waals surface area contributed by atoms with Crippen LogP contribution in [-0.4, -0.2) is 10.2 Å². The molecular weight excluding hydrogens is 234 g/mol. The van der Waals surface area contributed by atoms with E-state index in [1.165, 1.54) is 11.1 Å². The molecule has 0 aliphatic carbocycles. The summed E-state index contributed by atoms with van der Waals surface area (Å²) in [5.74, 6) is 0. The van der Waals surface area contributed by atoms with Crippen LogP contribution in [0.15, 0.2) is 24.3 Å². The summed E-state index contributed by atoms with van der Waals surface area (Å²) < 4.78 is 0. The van der Waals surface area contributed by atoms with Crippen LogP contribution in [0, 0.1) is 20.8 Å². The summed E-state index contributed by atoms with van der Waals surface area (Å²) in [6.45, 7) is 8.25. The zero-order chi connectivity index (χ0) is 14.0. The molecule has 0 aliphatic heterocycles. The van der Waals surface area contributed by atoms with Crippen molar-refractivity contribution in [1.29, 1.82) is 0 Å². The van der Waals surface area contributed by atoms with Crippen molar-refractivity contribution in [3.8, 4) is 0 Å². The van der Waals surface area contributed by atoms with E-state index in [-0.39, 0.29) is 6.04 Å². The van der Waals surface area contributed by atoms with Gasteiger partial charge in [0.2, 0.25) is 0 Å². The maximum atomic E-state index is 6.41. The Morgan fingerprint density at radius 2 is 1.79 bits per heavy atom. The van der Waals surface area contributed by atoms with Gasteiger partial charge in [0.15, 0.2) is 0 Å². The van der Waals surface area contributed by atoms with Crippen LogP contribution in [0.4, 0.5) is 0 Å². The van der Waals surface area contributed by atoms with Gasteiger partial charge in [-0.2, -0.15) is 10.2 Å². The minimum atomic E-state index is -0.136. The summed E-state index contributed by atoms with van der Waals surface area (Å²) in [4.78, 5) is 0. The van der Waals surface area contributed by atoms with E-state index in [1.807, 2.05) is 13.0 Å². The third-order valence-corrected chi connectivity index (χ3v) is 3.59. The Labute approximate surface area is 114 Å². The molecule has 2 aromatic rings. The lowest BCUT2D eigenvalue weighted by Gasteiger charge is -2.17. The second-order valence-electron chi connectivity index (χ2n) is 5.06. The topological polar surface area (TPSA) is 51.8 Å². The number of aromatic nitrogens is 2. The first-order chi connectivity index (χ1) is 9.02. The van der Waals surface area contributed by atoms with Gasteiger partial charge in [0.25, 0.3) is 0 Å². The maximum absolute atomic E-state index is 6.41. The summed E-state index contributed by atoms with van der Waals surface area (Å²) in [5, 5.41) is 8.37. The zero-order valence-corrected chi connectivity index (χ0v) is 12.1. The fourth-order valence-electron chi connectivity index (χ4n) is 2.22. The van der Waals surface area contributed by atoms with E-state index >= 15 is 0 Å². The largest absolute Gasteiger partial charge is 0.320 e. The Bertz CT molecular complexity index is 591. The van der Waals surface area contributed by atoms with Crippen LogP contribution < -0.4 is 5.73 Å². The number of hydrogen-bond acceptors (Lipinski definition) is 3. The monoisotopic (exact) mass is 255 g/mol. The molecule has 3 nitrogen and oxygen atoms in total. The van der Waals surface area contributed by atoms with Crippen molar-refractivity contribution in [3.63, 3.8) is 0 Å². The normalized spacial score (nSPS) is 12.5. The molecule has 1 heterocycles. The lowest BCUT2D eigenvalue weighted by Crippen LogP contribution is -2.16. The van der Waals surface area contributed by atoms with Crippen molar-refractivity contribution in [1.82, 2.24) is 10.2 Å². The van der Waals surface area contributed by atoms with Crippen molar-refractivity contribution in [2.75, 3.05) is 0 Å². The van der Waals surface area contributed by atoms with Gasteiger partial charge in [-0.1, -0.05) is 25.1 Å². The third kappa shape index (κ3) is 2.82. The van der Waals surface area contributed by atoms with Crippen LogP contribution >= 0.6 is 0 Å². The Balaban J connectivity index is 2.45. The van der Waals surface area contributed by atoms with Crippen LogP contribution in [0.25, 0.3) is 0 Å². The number of rotatable bonds is 3. The molecule has 0 aliphatic rings. The molecule has 3 heteroatoms. The van der Waals surface area contributed by atoms with Crippen LogP contribution in [-0.2, 0) is 6.42 Å². The SMILES string of the molecule is CCc1nnc(C)cc1C(N)c1ccc(C)c(C)c1. The maximum Gasteiger partial charge on any atom is 0.0679 e. The highest BCUT2D eigenvalue weighted by molar-refractivity contribution is 5.38. The summed E-state index contributed by atoms with van der Waals surface area (Å²) in [6.07, 6.45) is 0.848. The average molecular weight is 255 g/mol. The third-order valence-electron chi connectivity index (χ3n) is 3.59. The molecule has 0 saturated heterocycles. The fourth-order valence-corrected chi connectivity index (χ4v) is 2.22. The standard InChI is InChI=1S/C16H21N3/c1-5-15-14(9-12(4)18-19-15)16(17)13-7-6-10(2)11(3)8-13/h6-9,16H,5,17H2,1-4H3. The molecule has 1 aromatic heterocycles. The predicted molar refractivity (Wildman–Crippen MR) is 78.1 cm³/mol. The van der Waals surface area contributed by atoms with Gasteiger partial charge in [-0.05, 0) is 55.5 Å². The molecule has 0 bridgehead atoms. The molecule has 0 saturated carbocycles. The minimum absolute atomic E-state index is 0.136. The molecule has 2 N–H and O–H groups in total. The molecular formula is C16H21N3. The van der Waals surface area contributed by atoms with E-state index in [9.17, 15) is 0 Å². The first-order valence-electron chi connectivity index (χ1n) is 6.68. The number of nitrogens with two attached hydrogens (primary N) is 1. The molecule has 100 valence electrons. The van der Waals surface area contributed by atoms with Gasteiger partial charge in [0.05, 0.1) is 17.4 Å². The molecule has 1 aromatic carbocycles. The zero-order valence-electron chi connectivity index (χ0n) is 12.1. The van der Waals surface area contributed by atoms with Gasteiger partial charge in [-0.15, -0.1) is 0 Å². The Kier molecular flexibility index (Phi) is 3.96. The quantitative estimate of drug-likeness (QED) is 0.917. The molecule has 2 rings (SSSR count). The van der Waals surface area contributed by atoms with Gasteiger partial charge in [-0.25, -0.2) is 0 Å². The van der Waals surface area contributed by atoms with E-state index in [4.69, 9.17) is 5.73 Å². The second kappa shape index (κ2) is 5.49. The van der Waals surface area contributed by atoms with E-state index in [2.05, 4.69) is 49.2 Å². The number of hydrogen-bond donors (Lipinski definition) is 1. The lowest BCUT2D eigenvalue weighted by molar-refractivity contribution is 0.789. The highest BCUT2D eigenvalue weighted by atomic mass is 15.1. The predicted octanol–water partition coefficient (Wildman–Crippen LogP) is 3.01. The molecule has 19 heavy (non-hydrogen) atoms. The van der Waals surface area contributed by atoms with E-state index in [0.29, 0.717) is 0 Å². The Hall–Kier alpha value is -1.74. The highest BCUT2D eigenvalue weighted by Gasteiger charge is 2.15. The smallest absolute Gasteiger partial charge is 0.0679 e. The van der Waals surface area contributed by atoms with Gasteiger partial charge in [-0.3, -0.25) is 0 Å². The van der Waals surface area contributed by atoms with Gasteiger partial charge >= 0.3 is 0 Å². The lowest BCUT2D eigenvalue weighted by atomic mass is 9.95. The number of nitrogens with zero attached hydrogens (tertiary/aromatic N) is 2. The van der Waals surface area contributed by atoms with Crippen molar-refractivity contribution < 1.29 is 0 Å². The van der Waals surface area contributed by atoms with Crippen LogP contribution in [0.3, 0.4) is 0 Å². The minimum Gasteiger partial charge on any atom is -0.320 e. The van der Waals surface area contributed by atoms with Gasteiger partial charge in [0, 0.05) is 0 Å². The summed E-state index contributed by atoms with van der Waals surface area (Å²) in [6, 6.07) is 8.30. The number of aryl methyl sites for hydroxylation is 4. The second-order valence-corrected chi connectivity index (χ2v) is 5.06. The molecule has 0 amide bonds. The molecule has 0 spiro atoms. The van der Waals surface area contributed by atoms with E-state index in [1.54, 1.807) is 0 Å². The average Bonchev–Trinajstić information content (AvgIpc) is 2.41. The van der Waals surface area contributed by atoms with Crippen molar-refractivity contribution in [2.45, 2.75) is 40.2 Å². The van der Waals surface area contributed by atoms with E-state index < -0.39 is 0 Å². The molecule has 1 unspecified atom stereocenters. The summed E-state index contributed by atoms with van der Waals surface area (Å²) >= 11 is 0. The van der Waals surface area contributed by atoms with Crippen molar-refractivity contribution in [3.05, 3.63) is 57.9 Å². The summed E-state index contributed by atoms with van der Waals surface area (Å²) in [5.41, 5.74) is 13.1.